The van der Waals surface area contributed by atoms with E-state index in [1.165, 1.54) is 18.0 Å². The van der Waals surface area contributed by atoms with Crippen LogP contribution in [0, 0.1) is 0 Å². The molecule has 0 saturated heterocycles. The van der Waals surface area contributed by atoms with E-state index in [2.05, 4.69) is 15.3 Å². The number of carbonyl (C=O) groups is 2. The third-order valence-electron chi connectivity index (χ3n) is 2.59. The minimum Gasteiger partial charge on any atom is -0.461 e. The molecular weight excluding hydrogens is 361 g/mol. The third-order valence-corrected chi connectivity index (χ3v) is 4.22. The maximum atomic E-state index is 11.9. The van der Waals surface area contributed by atoms with Crippen LogP contribution in [-0.4, -0.2) is 34.2 Å². The molecule has 9 heteroatoms. The summed E-state index contributed by atoms with van der Waals surface area (Å²) in [4.78, 5) is 30.2. The summed E-state index contributed by atoms with van der Waals surface area (Å²) in [5.74, 6) is -0.592. The first-order chi connectivity index (χ1) is 11.0. The van der Waals surface area contributed by atoms with Crippen molar-refractivity contribution in [2.24, 2.45) is 0 Å². The summed E-state index contributed by atoms with van der Waals surface area (Å²) in [6.07, 6.45) is 1.37. The lowest BCUT2D eigenvalue weighted by atomic mass is 10.3. The van der Waals surface area contributed by atoms with Gasteiger partial charge in [0.1, 0.15) is 5.69 Å². The van der Waals surface area contributed by atoms with Gasteiger partial charge in [-0.3, -0.25) is 4.79 Å². The fraction of sp³-hybridized carbons (Fsp3) is 0.214. The molecule has 0 bridgehead atoms. The zero-order valence-corrected chi connectivity index (χ0v) is 14.4. The predicted molar refractivity (Wildman–Crippen MR) is 90.4 cm³/mol. The fourth-order valence-electron chi connectivity index (χ4n) is 1.59. The number of ether oxygens (including phenoxy) is 1. The number of carbonyl (C=O) groups excluding carboxylic acids is 2. The molecule has 1 aromatic carbocycles. The highest BCUT2D eigenvalue weighted by Crippen LogP contribution is 2.25. The molecule has 2 N–H and O–H groups in total. The first-order valence-corrected chi connectivity index (χ1v) is 8.33. The smallest absolute Gasteiger partial charge is 0.356 e. The van der Waals surface area contributed by atoms with Gasteiger partial charge in [-0.05, 0) is 25.1 Å². The average Bonchev–Trinajstić information content (AvgIpc) is 2.98. The Morgan fingerprint density at radius 2 is 2.13 bits per heavy atom. The Balaban J connectivity index is 1.86. The van der Waals surface area contributed by atoms with Gasteiger partial charge in [-0.15, -0.1) is 0 Å². The maximum Gasteiger partial charge on any atom is 0.356 e. The van der Waals surface area contributed by atoms with Gasteiger partial charge in [0.25, 0.3) is 0 Å². The number of hydrogen-bond acceptors (Lipinski definition) is 5. The lowest BCUT2D eigenvalue weighted by Crippen LogP contribution is -2.14. The molecule has 0 atom stereocenters. The normalized spacial score (nSPS) is 10.4. The minimum atomic E-state index is -0.480. The summed E-state index contributed by atoms with van der Waals surface area (Å²) in [6.45, 7) is 2.00. The first-order valence-electron chi connectivity index (χ1n) is 6.59. The highest BCUT2D eigenvalue weighted by Gasteiger charge is 2.12. The molecule has 0 saturated carbocycles. The molecule has 1 amide bonds. The molecule has 0 aliphatic heterocycles. The molecule has 6 nitrogen and oxygen atoms in total. The Morgan fingerprint density at radius 3 is 2.83 bits per heavy atom. The summed E-state index contributed by atoms with van der Waals surface area (Å²) in [7, 11) is 0. The molecule has 1 heterocycles. The molecule has 2 rings (SSSR count). The van der Waals surface area contributed by atoms with E-state index in [9.17, 15) is 9.59 Å². The summed E-state index contributed by atoms with van der Waals surface area (Å²) in [5.41, 5.74) is 0.802. The second-order valence-electron chi connectivity index (χ2n) is 4.29. The van der Waals surface area contributed by atoms with E-state index in [1.54, 1.807) is 25.1 Å². The van der Waals surface area contributed by atoms with Crippen molar-refractivity contribution in [3.8, 4) is 0 Å². The lowest BCUT2D eigenvalue weighted by molar-refractivity contribution is -0.113. The van der Waals surface area contributed by atoms with Crippen LogP contribution < -0.4 is 5.32 Å². The average molecular weight is 374 g/mol. The van der Waals surface area contributed by atoms with Gasteiger partial charge in [0.15, 0.2) is 5.16 Å². The summed E-state index contributed by atoms with van der Waals surface area (Å²) >= 11 is 12.9. The van der Waals surface area contributed by atoms with Gasteiger partial charge in [0.2, 0.25) is 5.91 Å². The highest BCUT2D eigenvalue weighted by molar-refractivity contribution is 7.99. The van der Waals surface area contributed by atoms with Gasteiger partial charge in [0.05, 0.1) is 28.6 Å². The van der Waals surface area contributed by atoms with Crippen LogP contribution in [0.4, 0.5) is 5.69 Å². The van der Waals surface area contributed by atoms with Crippen molar-refractivity contribution in [2.75, 3.05) is 17.7 Å². The molecule has 0 radical (unpaired) electrons. The van der Waals surface area contributed by atoms with Crippen LogP contribution in [0.15, 0.2) is 29.6 Å². The summed E-state index contributed by atoms with van der Waals surface area (Å²) < 4.78 is 4.84. The van der Waals surface area contributed by atoms with Crippen molar-refractivity contribution in [2.45, 2.75) is 12.1 Å². The minimum absolute atomic E-state index is 0.121. The van der Waals surface area contributed by atoms with Crippen molar-refractivity contribution in [1.82, 2.24) is 9.97 Å². The molecule has 0 unspecified atom stereocenters. The van der Waals surface area contributed by atoms with E-state index >= 15 is 0 Å². The quantitative estimate of drug-likeness (QED) is 0.596. The second-order valence-corrected chi connectivity index (χ2v) is 6.07. The molecule has 0 fully saturated rings. The number of anilines is 1. The van der Waals surface area contributed by atoms with Crippen LogP contribution in [0.1, 0.15) is 17.4 Å². The number of halogens is 2. The SMILES string of the molecule is CCOC(=O)c1cnc(SCC(=O)Nc2ccc(Cl)c(Cl)c2)[nH]1. The van der Waals surface area contributed by atoms with Crippen molar-refractivity contribution in [1.29, 1.82) is 0 Å². The van der Waals surface area contributed by atoms with Crippen LogP contribution in [0.3, 0.4) is 0 Å². The Kier molecular flexibility index (Phi) is 6.32. The van der Waals surface area contributed by atoms with E-state index in [1.807, 2.05) is 0 Å². The van der Waals surface area contributed by atoms with Gasteiger partial charge in [-0.2, -0.15) is 0 Å². The number of esters is 1. The molecule has 0 aliphatic carbocycles. The molecule has 0 aliphatic rings. The van der Waals surface area contributed by atoms with Gasteiger partial charge in [-0.1, -0.05) is 35.0 Å². The monoisotopic (exact) mass is 373 g/mol. The van der Waals surface area contributed by atoms with Crippen molar-refractivity contribution >= 4 is 52.5 Å². The van der Waals surface area contributed by atoms with Crippen molar-refractivity contribution in [3.05, 3.63) is 40.1 Å². The van der Waals surface area contributed by atoms with Gasteiger partial charge in [-0.25, -0.2) is 9.78 Å². The van der Waals surface area contributed by atoms with Crippen LogP contribution >= 0.6 is 35.0 Å². The number of imidazole rings is 1. The fourth-order valence-corrected chi connectivity index (χ4v) is 2.54. The Hall–Kier alpha value is -1.70. The third kappa shape index (κ3) is 5.16. The molecule has 0 spiro atoms. The van der Waals surface area contributed by atoms with E-state index in [-0.39, 0.29) is 24.0 Å². The van der Waals surface area contributed by atoms with E-state index in [0.717, 1.165) is 0 Å². The molecule has 2 aromatic rings. The molecule has 23 heavy (non-hydrogen) atoms. The Labute approximate surface area is 146 Å². The van der Waals surface area contributed by atoms with Gasteiger partial charge in [0, 0.05) is 5.69 Å². The predicted octanol–water partition coefficient (Wildman–Crippen LogP) is 3.62. The Morgan fingerprint density at radius 1 is 1.35 bits per heavy atom. The van der Waals surface area contributed by atoms with Crippen LogP contribution in [-0.2, 0) is 9.53 Å². The zero-order valence-electron chi connectivity index (χ0n) is 12.1. The molecular formula is C14H13Cl2N3O3S. The Bertz CT molecular complexity index is 721. The van der Waals surface area contributed by atoms with Crippen LogP contribution in [0.2, 0.25) is 10.0 Å². The topological polar surface area (TPSA) is 84.1 Å². The van der Waals surface area contributed by atoms with E-state index < -0.39 is 5.97 Å². The first kappa shape index (κ1) is 17.7. The van der Waals surface area contributed by atoms with Crippen molar-refractivity contribution < 1.29 is 14.3 Å². The van der Waals surface area contributed by atoms with E-state index in [4.69, 9.17) is 27.9 Å². The summed E-state index contributed by atoms with van der Waals surface area (Å²) in [5, 5.41) is 3.93. The van der Waals surface area contributed by atoms with Crippen molar-refractivity contribution in [3.63, 3.8) is 0 Å². The maximum absolute atomic E-state index is 11.9. The number of benzene rings is 1. The summed E-state index contributed by atoms with van der Waals surface area (Å²) in [6, 6.07) is 4.82. The standard InChI is InChI=1S/C14H13Cl2N3O3S/c1-2-22-13(21)11-6-17-14(19-11)23-7-12(20)18-8-3-4-9(15)10(16)5-8/h3-6H,2,7H2,1H3,(H,17,19)(H,18,20). The zero-order chi connectivity index (χ0) is 16.8. The number of rotatable bonds is 6. The highest BCUT2D eigenvalue weighted by atomic mass is 35.5. The number of thioether (sulfide) groups is 1. The number of hydrogen-bond donors (Lipinski definition) is 2. The number of nitrogens with zero attached hydrogens (tertiary/aromatic N) is 1. The van der Waals surface area contributed by atoms with Crippen LogP contribution in [0.5, 0.6) is 0 Å². The number of amides is 1. The second kappa shape index (κ2) is 8.24. The largest absolute Gasteiger partial charge is 0.461 e. The molecule has 1 aromatic heterocycles. The number of nitrogens with one attached hydrogen (secondary N) is 2. The lowest BCUT2D eigenvalue weighted by Gasteiger charge is -2.05. The molecule has 122 valence electrons. The van der Waals surface area contributed by atoms with Gasteiger partial charge >= 0.3 is 5.97 Å². The number of H-pyrrole nitrogens is 1. The van der Waals surface area contributed by atoms with Gasteiger partial charge < -0.3 is 15.0 Å². The number of aromatic nitrogens is 2. The number of aromatic amines is 1. The van der Waals surface area contributed by atoms with Crippen LogP contribution in [0.25, 0.3) is 0 Å². The van der Waals surface area contributed by atoms with E-state index in [0.29, 0.717) is 20.9 Å².